The molecule has 0 aliphatic carbocycles. The lowest BCUT2D eigenvalue weighted by atomic mass is 10.1. The van der Waals surface area contributed by atoms with E-state index < -0.39 is 17.4 Å². The molecule has 0 fully saturated rings. The number of halogens is 2. The Morgan fingerprint density at radius 1 is 1.03 bits per heavy atom. The molecule has 0 saturated carbocycles. The van der Waals surface area contributed by atoms with Gasteiger partial charge in [-0.2, -0.15) is 4.39 Å². The van der Waals surface area contributed by atoms with Gasteiger partial charge in [-0.1, -0.05) is 44.1 Å². The van der Waals surface area contributed by atoms with Crippen molar-refractivity contribution in [2.45, 2.75) is 58.5 Å². The summed E-state index contributed by atoms with van der Waals surface area (Å²) in [5.41, 5.74) is 2.11. The van der Waals surface area contributed by atoms with Crippen LogP contribution < -0.4 is 0 Å². The van der Waals surface area contributed by atoms with Crippen molar-refractivity contribution in [3.05, 3.63) is 65.7 Å². The maximum Gasteiger partial charge on any atom is 0.201 e. The summed E-state index contributed by atoms with van der Waals surface area (Å²) in [7, 11) is 0. The Morgan fingerprint density at radius 2 is 1.88 bits per heavy atom. The molecule has 2 aromatic carbocycles. The third kappa shape index (κ3) is 6.36. The lowest BCUT2D eigenvalue weighted by molar-refractivity contribution is 0.0566. The van der Waals surface area contributed by atoms with E-state index in [9.17, 15) is 13.9 Å². The summed E-state index contributed by atoms with van der Waals surface area (Å²) in [4.78, 5) is 4.46. The van der Waals surface area contributed by atoms with Gasteiger partial charge in [0.15, 0.2) is 11.6 Å². The van der Waals surface area contributed by atoms with Crippen LogP contribution in [0.4, 0.5) is 8.78 Å². The molecule has 3 nitrogen and oxygen atoms in total. The third-order valence-electron chi connectivity index (χ3n) is 5.49. The number of phenolic OH excluding ortho intramolecular Hbond substituents is 1. The number of hydrogen-bond donors (Lipinski definition) is 1. The van der Waals surface area contributed by atoms with Gasteiger partial charge in [0.05, 0.1) is 17.3 Å². The van der Waals surface area contributed by atoms with Crippen molar-refractivity contribution in [1.82, 2.24) is 4.98 Å². The zero-order chi connectivity index (χ0) is 22.9. The first-order valence-electron chi connectivity index (χ1n) is 11.4. The smallest absolute Gasteiger partial charge is 0.201 e. The zero-order valence-corrected chi connectivity index (χ0v) is 18.8. The Balaban J connectivity index is 1.57. The average Bonchev–Trinajstić information content (AvgIpc) is 2.80. The minimum atomic E-state index is -1.26. The highest BCUT2D eigenvalue weighted by molar-refractivity contribution is 5.84. The Morgan fingerprint density at radius 3 is 2.69 bits per heavy atom. The van der Waals surface area contributed by atoms with Crippen LogP contribution in [0.5, 0.6) is 5.75 Å². The average molecular weight is 440 g/mol. The molecule has 170 valence electrons. The third-order valence-corrected chi connectivity index (χ3v) is 5.49. The van der Waals surface area contributed by atoms with Gasteiger partial charge >= 0.3 is 0 Å². The van der Waals surface area contributed by atoms with Gasteiger partial charge in [0.2, 0.25) is 5.82 Å². The number of pyridine rings is 1. The summed E-state index contributed by atoms with van der Waals surface area (Å²) in [6, 6.07) is 11.8. The second-order valence-electron chi connectivity index (χ2n) is 8.13. The van der Waals surface area contributed by atoms with E-state index in [-0.39, 0.29) is 5.56 Å². The molecule has 0 bridgehead atoms. The molecule has 0 spiro atoms. The van der Waals surface area contributed by atoms with Crippen LogP contribution in [0, 0.1) is 11.6 Å². The van der Waals surface area contributed by atoms with Crippen LogP contribution in [-0.4, -0.2) is 22.8 Å². The lowest BCUT2D eigenvalue weighted by Gasteiger charge is -2.12. The first-order valence-corrected chi connectivity index (χ1v) is 11.4. The maximum absolute atomic E-state index is 14.2. The van der Waals surface area contributed by atoms with Crippen molar-refractivity contribution in [1.29, 1.82) is 0 Å². The second-order valence-corrected chi connectivity index (χ2v) is 8.13. The topological polar surface area (TPSA) is 42.4 Å². The number of aromatic nitrogens is 1. The van der Waals surface area contributed by atoms with Gasteiger partial charge in [0, 0.05) is 17.6 Å². The van der Waals surface area contributed by atoms with Crippen LogP contribution in [0.2, 0.25) is 0 Å². The van der Waals surface area contributed by atoms with Crippen molar-refractivity contribution in [2.24, 2.45) is 0 Å². The van der Waals surface area contributed by atoms with Gasteiger partial charge in [-0.25, -0.2) is 9.37 Å². The number of ether oxygens (including phenoxy) is 1. The van der Waals surface area contributed by atoms with E-state index in [0.29, 0.717) is 17.3 Å². The highest BCUT2D eigenvalue weighted by atomic mass is 19.2. The largest absolute Gasteiger partial charge is 0.505 e. The fraction of sp³-hybridized carbons (Fsp3) is 0.370. The highest BCUT2D eigenvalue weighted by Gasteiger charge is 2.15. The Bertz CT molecular complexity index is 1060. The number of hydrogen-bond acceptors (Lipinski definition) is 3. The standard InChI is InChI=1S/C27H31F2NO2/c1-3-4-8-17-32-19(2)9-6-5-7-10-20-11-14-23-21(18-20)12-15-24(30-23)22-13-16-25(31)27(29)26(22)28/h7,10-16,18-19,31H,3-6,8-9,17H2,1-2H3/b10-7+. The van der Waals surface area contributed by atoms with Crippen LogP contribution in [0.15, 0.2) is 48.5 Å². The number of unbranched alkanes of at least 4 members (excludes halogenated alkanes) is 3. The van der Waals surface area contributed by atoms with Crippen molar-refractivity contribution < 1.29 is 18.6 Å². The van der Waals surface area contributed by atoms with Crippen LogP contribution in [-0.2, 0) is 4.74 Å². The second kappa shape index (κ2) is 11.7. The predicted molar refractivity (Wildman–Crippen MR) is 127 cm³/mol. The van der Waals surface area contributed by atoms with Crippen molar-refractivity contribution in [3.63, 3.8) is 0 Å². The molecule has 0 aliphatic rings. The minimum Gasteiger partial charge on any atom is -0.505 e. The van der Waals surface area contributed by atoms with E-state index in [1.54, 1.807) is 6.07 Å². The predicted octanol–water partition coefficient (Wildman–Crippen LogP) is 7.66. The molecular formula is C27H31F2NO2. The maximum atomic E-state index is 14.2. The monoisotopic (exact) mass is 439 g/mol. The van der Waals surface area contributed by atoms with Gasteiger partial charge in [0.1, 0.15) is 0 Å². The van der Waals surface area contributed by atoms with E-state index in [1.807, 2.05) is 24.3 Å². The summed E-state index contributed by atoms with van der Waals surface area (Å²) in [6.07, 6.45) is 11.3. The molecular weight excluding hydrogens is 408 g/mol. The van der Waals surface area contributed by atoms with E-state index in [1.165, 1.54) is 18.9 Å². The van der Waals surface area contributed by atoms with Gasteiger partial charge in [0.25, 0.3) is 0 Å². The Kier molecular flexibility index (Phi) is 8.74. The van der Waals surface area contributed by atoms with E-state index in [2.05, 4.69) is 31.0 Å². The molecule has 0 saturated heterocycles. The van der Waals surface area contributed by atoms with E-state index >= 15 is 0 Å². The number of nitrogens with zero attached hydrogens (tertiary/aromatic N) is 1. The molecule has 1 N–H and O–H groups in total. The normalized spacial score (nSPS) is 12.6. The molecule has 32 heavy (non-hydrogen) atoms. The van der Waals surface area contributed by atoms with E-state index in [0.717, 1.165) is 49.3 Å². The first-order chi connectivity index (χ1) is 15.5. The minimum absolute atomic E-state index is 0.0229. The van der Waals surface area contributed by atoms with Crippen molar-refractivity contribution >= 4 is 17.0 Å². The van der Waals surface area contributed by atoms with Gasteiger partial charge in [-0.3, -0.25) is 0 Å². The Hall–Kier alpha value is -2.79. The highest BCUT2D eigenvalue weighted by Crippen LogP contribution is 2.29. The van der Waals surface area contributed by atoms with Crippen LogP contribution in [0.25, 0.3) is 28.2 Å². The van der Waals surface area contributed by atoms with E-state index in [4.69, 9.17) is 4.74 Å². The van der Waals surface area contributed by atoms with Crippen molar-refractivity contribution in [2.75, 3.05) is 6.61 Å². The van der Waals surface area contributed by atoms with Crippen molar-refractivity contribution in [3.8, 4) is 17.0 Å². The summed E-state index contributed by atoms with van der Waals surface area (Å²) < 4.78 is 33.7. The quantitative estimate of drug-likeness (QED) is 0.312. The number of aromatic hydroxyl groups is 1. The summed E-state index contributed by atoms with van der Waals surface area (Å²) in [6.45, 7) is 5.19. The molecule has 0 radical (unpaired) electrons. The molecule has 1 unspecified atom stereocenters. The molecule has 0 aliphatic heterocycles. The van der Waals surface area contributed by atoms with Crippen LogP contribution >= 0.6 is 0 Å². The van der Waals surface area contributed by atoms with Gasteiger partial charge in [-0.05, 0) is 68.5 Å². The molecule has 0 amide bonds. The number of allylic oxidation sites excluding steroid dienone is 1. The number of phenols is 1. The number of fused-ring (bicyclic) bond motifs is 1. The summed E-state index contributed by atoms with van der Waals surface area (Å²) in [5.74, 6) is -3.07. The van der Waals surface area contributed by atoms with Gasteiger partial charge in [-0.15, -0.1) is 0 Å². The molecule has 3 rings (SSSR count). The van der Waals surface area contributed by atoms with Crippen LogP contribution in [0.3, 0.4) is 0 Å². The Labute approximate surface area is 188 Å². The van der Waals surface area contributed by atoms with Crippen LogP contribution in [0.1, 0.15) is 57.9 Å². The first kappa shape index (κ1) is 23.9. The summed E-state index contributed by atoms with van der Waals surface area (Å²) >= 11 is 0. The zero-order valence-electron chi connectivity index (χ0n) is 18.8. The molecule has 1 aromatic heterocycles. The van der Waals surface area contributed by atoms with Gasteiger partial charge < -0.3 is 9.84 Å². The number of rotatable bonds is 11. The lowest BCUT2D eigenvalue weighted by Crippen LogP contribution is -2.08. The molecule has 1 heterocycles. The SMILES string of the molecule is CCCCCOC(C)CCC/C=C/c1ccc2nc(-c3ccc(O)c(F)c3F)ccc2c1. The molecule has 1 atom stereocenters. The molecule has 5 heteroatoms. The number of benzene rings is 2. The summed E-state index contributed by atoms with van der Waals surface area (Å²) in [5, 5.41) is 10.2. The molecule has 3 aromatic rings. The fourth-order valence-corrected chi connectivity index (χ4v) is 3.60. The fourth-order valence-electron chi connectivity index (χ4n) is 3.60.